The molecule has 0 bridgehead atoms. The average molecular weight is 587 g/mol. The van der Waals surface area contributed by atoms with E-state index in [1.807, 2.05) is 0 Å². The summed E-state index contributed by atoms with van der Waals surface area (Å²) < 4.78 is 13.5. The smallest absolute Gasteiger partial charge is 0.261 e. The Morgan fingerprint density at radius 1 is 0.762 bits per heavy atom. The first kappa shape index (κ1) is 34.3. The summed E-state index contributed by atoms with van der Waals surface area (Å²) in [6.45, 7) is 17.6. The van der Waals surface area contributed by atoms with E-state index in [9.17, 15) is 0 Å². The highest BCUT2D eigenvalue weighted by Crippen LogP contribution is 2.37. The van der Waals surface area contributed by atoms with Crippen molar-refractivity contribution >= 4 is 18.7 Å². The van der Waals surface area contributed by atoms with Crippen LogP contribution in [-0.2, 0) is 9.16 Å². The van der Waals surface area contributed by atoms with Crippen molar-refractivity contribution in [3.63, 3.8) is 0 Å². The summed E-state index contributed by atoms with van der Waals surface area (Å²) in [5.74, 6) is 0.681. The van der Waals surface area contributed by atoms with Crippen molar-refractivity contribution in [1.29, 1.82) is 0 Å². The van der Waals surface area contributed by atoms with Gasteiger partial charge in [0.1, 0.15) is 0 Å². The fraction of sp³-hybridized carbons (Fsp3) is 0.538. The molecule has 1 aliphatic heterocycles. The Morgan fingerprint density at radius 2 is 1.31 bits per heavy atom. The van der Waals surface area contributed by atoms with Crippen LogP contribution in [0.4, 0.5) is 0 Å². The second-order valence-corrected chi connectivity index (χ2v) is 18.0. The highest BCUT2D eigenvalue weighted by molar-refractivity contribution is 6.99. The Bertz CT molecular complexity index is 1090. The summed E-state index contributed by atoms with van der Waals surface area (Å²) in [7, 11) is -2.47. The van der Waals surface area contributed by atoms with Crippen molar-refractivity contribution in [3.05, 3.63) is 95.6 Å². The van der Waals surface area contributed by atoms with Gasteiger partial charge in [0.25, 0.3) is 8.32 Å². The molecule has 1 saturated heterocycles. The Labute approximate surface area is 259 Å². The van der Waals surface area contributed by atoms with Crippen molar-refractivity contribution in [2.24, 2.45) is 5.92 Å². The Hall–Kier alpha value is -2.20. The van der Waals surface area contributed by atoms with Crippen LogP contribution in [0, 0.1) is 5.92 Å². The molecule has 3 rings (SSSR count). The van der Waals surface area contributed by atoms with Crippen LogP contribution in [-0.4, -0.2) is 27.6 Å². The van der Waals surface area contributed by atoms with Gasteiger partial charge in [-0.1, -0.05) is 116 Å². The third kappa shape index (κ3) is 10.5. The summed E-state index contributed by atoms with van der Waals surface area (Å²) in [5, 5.41) is 2.71. The minimum Gasteiger partial charge on any atom is -0.407 e. The minimum atomic E-state index is -2.47. The molecule has 1 fully saturated rings. The van der Waals surface area contributed by atoms with E-state index in [0.29, 0.717) is 12.0 Å². The summed E-state index contributed by atoms with van der Waals surface area (Å²) in [4.78, 5) is 0. The maximum absolute atomic E-state index is 7.11. The molecule has 3 heteroatoms. The number of rotatable bonds is 15. The van der Waals surface area contributed by atoms with Gasteiger partial charge in [0, 0.05) is 13.2 Å². The third-order valence-electron chi connectivity index (χ3n) is 8.83. The van der Waals surface area contributed by atoms with E-state index < -0.39 is 8.32 Å². The van der Waals surface area contributed by atoms with Gasteiger partial charge in [-0.25, -0.2) is 0 Å². The fourth-order valence-electron chi connectivity index (χ4n) is 6.33. The fourth-order valence-corrected chi connectivity index (χ4v) is 10.9. The molecule has 1 heterocycles. The largest absolute Gasteiger partial charge is 0.407 e. The molecule has 0 N–H and O–H groups in total. The molecule has 0 saturated carbocycles. The van der Waals surface area contributed by atoms with Gasteiger partial charge in [-0.15, -0.1) is 0 Å². The number of hydrogen-bond donors (Lipinski definition) is 0. The highest BCUT2D eigenvalue weighted by Gasteiger charge is 2.50. The van der Waals surface area contributed by atoms with Crippen LogP contribution in [0.5, 0.6) is 0 Å². The second kappa shape index (κ2) is 17.2. The van der Waals surface area contributed by atoms with Gasteiger partial charge in [0.05, 0.1) is 6.10 Å². The van der Waals surface area contributed by atoms with Crippen LogP contribution >= 0.6 is 0 Å². The van der Waals surface area contributed by atoms with Gasteiger partial charge in [-0.05, 0) is 107 Å². The predicted molar refractivity (Wildman–Crippen MR) is 185 cm³/mol. The van der Waals surface area contributed by atoms with Crippen LogP contribution in [0.2, 0.25) is 5.04 Å². The molecule has 2 aromatic rings. The topological polar surface area (TPSA) is 18.5 Å². The molecule has 2 aromatic carbocycles. The summed E-state index contributed by atoms with van der Waals surface area (Å²) in [6.07, 6.45) is 18.0. The zero-order chi connectivity index (χ0) is 30.4. The van der Waals surface area contributed by atoms with E-state index >= 15 is 0 Å². The zero-order valence-corrected chi connectivity index (χ0v) is 28.8. The van der Waals surface area contributed by atoms with E-state index in [4.69, 9.17) is 9.16 Å². The molecule has 2 atom stereocenters. The van der Waals surface area contributed by atoms with Crippen LogP contribution in [0.3, 0.4) is 0 Å². The van der Waals surface area contributed by atoms with Crippen LogP contribution in [0.15, 0.2) is 95.6 Å². The normalized spacial score (nSPS) is 18.6. The number of ether oxygens (including phenoxy) is 1. The standard InChI is InChI=1S/C39H58O2Si/c1-32(2)17-14-18-33(3)19-15-20-34(4)21-16-22-35-27-28-36(40-31-35)29-30-41-42(39(5,6)7,37-23-10-8-11-24-37)38-25-12-9-13-26-38/h8-13,17,19,21,23-26,35-36H,14-16,18,20,22,27-31H2,1-7H3/b33-19+,34-21+/t35-,36-/m1/s1. The second-order valence-electron chi connectivity index (χ2n) is 13.7. The first-order valence-electron chi connectivity index (χ1n) is 16.4. The lowest BCUT2D eigenvalue weighted by molar-refractivity contribution is -0.0272. The summed E-state index contributed by atoms with van der Waals surface area (Å²) in [6, 6.07) is 21.9. The van der Waals surface area contributed by atoms with Crippen LogP contribution in [0.25, 0.3) is 0 Å². The van der Waals surface area contributed by atoms with Gasteiger partial charge >= 0.3 is 0 Å². The first-order valence-corrected chi connectivity index (χ1v) is 18.3. The van der Waals surface area contributed by atoms with Crippen molar-refractivity contribution in [1.82, 2.24) is 0 Å². The number of hydrogen-bond acceptors (Lipinski definition) is 2. The lowest BCUT2D eigenvalue weighted by Gasteiger charge is -2.43. The van der Waals surface area contributed by atoms with Gasteiger partial charge in [-0.2, -0.15) is 0 Å². The van der Waals surface area contributed by atoms with Gasteiger partial charge in [0.2, 0.25) is 0 Å². The lowest BCUT2D eigenvalue weighted by Crippen LogP contribution is -2.66. The minimum absolute atomic E-state index is 0.0143. The number of allylic oxidation sites excluding steroid dienone is 6. The van der Waals surface area contributed by atoms with Crippen molar-refractivity contribution in [2.45, 2.75) is 117 Å². The Balaban J connectivity index is 1.44. The molecule has 2 nitrogen and oxygen atoms in total. The SMILES string of the molecule is CC(C)=CCC/C(C)=C/CC/C(C)=C/CC[C@@H]1CC[C@H](CCO[Si](c2ccccc2)(c2ccccc2)C(C)(C)C)OC1. The van der Waals surface area contributed by atoms with Crippen molar-refractivity contribution in [2.75, 3.05) is 13.2 Å². The van der Waals surface area contributed by atoms with E-state index in [1.165, 1.54) is 59.2 Å². The molecule has 0 spiro atoms. The van der Waals surface area contributed by atoms with Gasteiger partial charge in [0.15, 0.2) is 0 Å². The molecule has 0 amide bonds. The van der Waals surface area contributed by atoms with E-state index in [0.717, 1.165) is 38.9 Å². The first-order chi connectivity index (χ1) is 20.1. The lowest BCUT2D eigenvalue weighted by atomic mass is 9.92. The van der Waals surface area contributed by atoms with Crippen LogP contribution in [0.1, 0.15) is 106 Å². The number of benzene rings is 2. The average Bonchev–Trinajstić information content (AvgIpc) is 2.96. The monoisotopic (exact) mass is 586 g/mol. The van der Waals surface area contributed by atoms with E-state index in [2.05, 4.69) is 127 Å². The molecule has 0 radical (unpaired) electrons. The molecule has 230 valence electrons. The summed E-state index contributed by atoms with van der Waals surface area (Å²) in [5.41, 5.74) is 4.46. The van der Waals surface area contributed by atoms with E-state index in [1.54, 1.807) is 0 Å². The molecule has 0 unspecified atom stereocenters. The molecular weight excluding hydrogens is 529 g/mol. The van der Waals surface area contributed by atoms with Gasteiger partial charge < -0.3 is 9.16 Å². The molecule has 1 aliphatic rings. The maximum atomic E-state index is 7.11. The Morgan fingerprint density at radius 3 is 1.81 bits per heavy atom. The van der Waals surface area contributed by atoms with Crippen molar-refractivity contribution in [3.8, 4) is 0 Å². The van der Waals surface area contributed by atoms with Crippen LogP contribution < -0.4 is 10.4 Å². The molecular formula is C39H58O2Si. The maximum Gasteiger partial charge on any atom is 0.261 e. The highest BCUT2D eigenvalue weighted by atomic mass is 28.4. The van der Waals surface area contributed by atoms with Gasteiger partial charge in [-0.3, -0.25) is 0 Å². The van der Waals surface area contributed by atoms with Crippen molar-refractivity contribution < 1.29 is 9.16 Å². The molecule has 0 aliphatic carbocycles. The predicted octanol–water partition coefficient (Wildman–Crippen LogP) is 9.95. The Kier molecular flexibility index (Phi) is 14.0. The molecule has 0 aromatic heterocycles. The zero-order valence-electron chi connectivity index (χ0n) is 27.8. The van der Waals surface area contributed by atoms with E-state index in [-0.39, 0.29) is 5.04 Å². The third-order valence-corrected chi connectivity index (χ3v) is 13.9. The molecule has 42 heavy (non-hydrogen) atoms. The quantitative estimate of drug-likeness (QED) is 0.153. The summed E-state index contributed by atoms with van der Waals surface area (Å²) >= 11 is 0.